The number of hydrazine groups is 1. The van der Waals surface area contributed by atoms with Crippen LogP contribution in [0.5, 0.6) is 5.75 Å². The average molecular weight is 354 g/mol. The molecule has 5 nitrogen and oxygen atoms in total. The van der Waals surface area contributed by atoms with E-state index >= 15 is 0 Å². The highest BCUT2D eigenvalue weighted by Crippen LogP contribution is 2.30. The number of nitrogens with one attached hydrogen (secondary N) is 1. The van der Waals surface area contributed by atoms with E-state index in [0.29, 0.717) is 6.42 Å². The molecule has 0 radical (unpaired) electrons. The van der Waals surface area contributed by atoms with Crippen LogP contribution >= 0.6 is 0 Å². The molecule has 1 N–H and O–H groups in total. The van der Waals surface area contributed by atoms with Crippen molar-refractivity contribution in [1.82, 2.24) is 10.4 Å². The molecule has 26 heavy (non-hydrogen) atoms. The maximum Gasteiger partial charge on any atom is 0.251 e. The third kappa shape index (κ3) is 3.44. The van der Waals surface area contributed by atoms with E-state index in [9.17, 15) is 9.59 Å². The van der Waals surface area contributed by atoms with Crippen molar-refractivity contribution in [2.75, 3.05) is 7.11 Å². The van der Waals surface area contributed by atoms with Crippen molar-refractivity contribution >= 4 is 22.6 Å². The van der Waals surface area contributed by atoms with E-state index in [1.54, 1.807) is 7.11 Å². The van der Waals surface area contributed by atoms with Gasteiger partial charge in [-0.15, -0.1) is 0 Å². The Morgan fingerprint density at radius 1 is 1.19 bits per heavy atom. The minimum Gasteiger partial charge on any atom is -0.497 e. The molecule has 1 aliphatic heterocycles. The summed E-state index contributed by atoms with van der Waals surface area (Å²) in [5.74, 6) is 0.0213. The summed E-state index contributed by atoms with van der Waals surface area (Å²) in [6.45, 7) is 8.03. The highest BCUT2D eigenvalue weighted by molar-refractivity contribution is 5.99. The average Bonchev–Trinajstić information content (AvgIpc) is 3.01. The standard InChI is InChI=1S/C21H26N2O3/c1-13(20(25)23-19(24)12-18(22-23)21(2,3)4)14-6-7-16-11-17(26-5)9-8-15(16)10-14/h6-11,13,18,22H,12H2,1-5H3/t13-,18-/m0/s1. The van der Waals surface area contributed by atoms with Gasteiger partial charge in [-0.2, -0.15) is 0 Å². The van der Waals surface area contributed by atoms with E-state index in [-0.39, 0.29) is 23.3 Å². The largest absolute Gasteiger partial charge is 0.497 e. The molecule has 2 aromatic carbocycles. The third-order valence-corrected chi connectivity index (χ3v) is 5.12. The van der Waals surface area contributed by atoms with Gasteiger partial charge in [0.05, 0.1) is 13.0 Å². The Bertz CT molecular complexity index is 854. The molecule has 0 unspecified atom stereocenters. The maximum atomic E-state index is 12.9. The van der Waals surface area contributed by atoms with Crippen LogP contribution in [-0.4, -0.2) is 30.0 Å². The molecule has 2 atom stereocenters. The molecule has 1 fully saturated rings. The second kappa shape index (κ2) is 6.72. The van der Waals surface area contributed by atoms with Crippen LogP contribution in [0.1, 0.15) is 45.6 Å². The van der Waals surface area contributed by atoms with Gasteiger partial charge >= 0.3 is 0 Å². The zero-order chi connectivity index (χ0) is 19.1. The van der Waals surface area contributed by atoms with Crippen LogP contribution in [0.25, 0.3) is 10.8 Å². The predicted molar refractivity (Wildman–Crippen MR) is 102 cm³/mol. The summed E-state index contributed by atoms with van der Waals surface area (Å²) in [6.07, 6.45) is 0.347. The summed E-state index contributed by atoms with van der Waals surface area (Å²) in [5.41, 5.74) is 3.90. The van der Waals surface area contributed by atoms with Crippen molar-refractivity contribution in [1.29, 1.82) is 0 Å². The van der Waals surface area contributed by atoms with Crippen LogP contribution in [0.2, 0.25) is 0 Å². The number of imide groups is 1. The minimum absolute atomic E-state index is 0.0322. The Kier molecular flexibility index (Phi) is 4.76. The number of carbonyl (C=O) groups is 2. The van der Waals surface area contributed by atoms with Crippen molar-refractivity contribution in [3.8, 4) is 5.75 Å². The molecule has 0 spiro atoms. The SMILES string of the molecule is COc1ccc2cc([C@H](C)C(=O)N3N[C@H](C(C)(C)C)CC3=O)ccc2c1. The van der Waals surface area contributed by atoms with E-state index in [2.05, 4.69) is 26.2 Å². The monoisotopic (exact) mass is 354 g/mol. The molecular weight excluding hydrogens is 328 g/mol. The number of hydrogen-bond acceptors (Lipinski definition) is 4. The van der Waals surface area contributed by atoms with E-state index in [0.717, 1.165) is 22.1 Å². The van der Waals surface area contributed by atoms with Gasteiger partial charge < -0.3 is 4.74 Å². The Hall–Kier alpha value is -2.40. The number of nitrogens with zero attached hydrogens (tertiary/aromatic N) is 1. The number of amides is 2. The van der Waals surface area contributed by atoms with Crippen LogP contribution in [-0.2, 0) is 9.59 Å². The zero-order valence-corrected chi connectivity index (χ0v) is 16.0. The minimum atomic E-state index is -0.406. The van der Waals surface area contributed by atoms with E-state index < -0.39 is 5.92 Å². The highest BCUT2D eigenvalue weighted by Gasteiger charge is 2.40. The maximum absolute atomic E-state index is 12.9. The molecule has 3 rings (SSSR count). The molecule has 0 aliphatic carbocycles. The Labute approximate surface area is 154 Å². The Balaban J connectivity index is 1.82. The van der Waals surface area contributed by atoms with Crippen LogP contribution in [0.15, 0.2) is 36.4 Å². The van der Waals surface area contributed by atoms with Gasteiger partial charge in [-0.3, -0.25) is 9.59 Å². The summed E-state index contributed by atoms with van der Waals surface area (Å²) in [4.78, 5) is 25.2. The van der Waals surface area contributed by atoms with Crippen molar-refractivity contribution in [3.05, 3.63) is 42.0 Å². The number of rotatable bonds is 3. The number of methoxy groups -OCH3 is 1. The first kappa shape index (κ1) is 18.4. The number of fused-ring (bicyclic) bond motifs is 1. The van der Waals surface area contributed by atoms with Crippen molar-refractivity contribution in [2.24, 2.45) is 5.41 Å². The second-order valence-corrected chi connectivity index (χ2v) is 8.01. The van der Waals surface area contributed by atoms with Gasteiger partial charge in [0.1, 0.15) is 5.75 Å². The summed E-state index contributed by atoms with van der Waals surface area (Å²) >= 11 is 0. The van der Waals surface area contributed by atoms with Crippen LogP contribution in [0.3, 0.4) is 0 Å². The van der Waals surface area contributed by atoms with Crippen LogP contribution in [0, 0.1) is 5.41 Å². The number of ether oxygens (including phenoxy) is 1. The normalized spacial score (nSPS) is 19.0. The summed E-state index contributed by atoms with van der Waals surface area (Å²) in [7, 11) is 1.64. The summed E-state index contributed by atoms with van der Waals surface area (Å²) in [6, 6.07) is 11.7. The molecule has 1 heterocycles. The fraction of sp³-hybridized carbons (Fsp3) is 0.429. The molecule has 5 heteroatoms. The van der Waals surface area contributed by atoms with Crippen LogP contribution < -0.4 is 10.2 Å². The predicted octanol–water partition coefficient (Wildman–Crippen LogP) is 3.63. The lowest BCUT2D eigenvalue weighted by Gasteiger charge is -2.27. The van der Waals surface area contributed by atoms with Gasteiger partial charge in [0.15, 0.2) is 0 Å². The third-order valence-electron chi connectivity index (χ3n) is 5.12. The molecule has 1 saturated heterocycles. The molecule has 2 amide bonds. The fourth-order valence-corrected chi connectivity index (χ4v) is 3.20. The molecule has 0 saturated carbocycles. The lowest BCUT2D eigenvalue weighted by atomic mass is 9.86. The van der Waals surface area contributed by atoms with E-state index in [4.69, 9.17) is 4.74 Å². The van der Waals surface area contributed by atoms with Gasteiger partial charge in [-0.25, -0.2) is 10.4 Å². The lowest BCUT2D eigenvalue weighted by molar-refractivity contribution is -0.145. The van der Waals surface area contributed by atoms with Crippen molar-refractivity contribution in [2.45, 2.75) is 46.1 Å². The summed E-state index contributed by atoms with van der Waals surface area (Å²) in [5, 5.41) is 3.30. The van der Waals surface area contributed by atoms with Gasteiger partial charge in [-0.1, -0.05) is 45.0 Å². The first-order valence-electron chi connectivity index (χ1n) is 8.91. The zero-order valence-electron chi connectivity index (χ0n) is 16.0. The molecule has 0 aromatic heterocycles. The van der Waals surface area contributed by atoms with Crippen molar-refractivity contribution < 1.29 is 14.3 Å². The van der Waals surface area contributed by atoms with Crippen LogP contribution in [0.4, 0.5) is 0 Å². The lowest BCUT2D eigenvalue weighted by Crippen LogP contribution is -2.47. The van der Waals surface area contributed by atoms with Gasteiger partial charge in [0, 0.05) is 12.5 Å². The molecule has 138 valence electrons. The quantitative estimate of drug-likeness (QED) is 0.914. The number of hydrogen-bond donors (Lipinski definition) is 1. The first-order chi connectivity index (χ1) is 12.2. The molecular formula is C21H26N2O3. The topological polar surface area (TPSA) is 58.6 Å². The smallest absolute Gasteiger partial charge is 0.251 e. The van der Waals surface area contributed by atoms with Crippen molar-refractivity contribution in [3.63, 3.8) is 0 Å². The second-order valence-electron chi connectivity index (χ2n) is 8.01. The first-order valence-corrected chi connectivity index (χ1v) is 8.91. The Morgan fingerprint density at radius 2 is 1.85 bits per heavy atom. The van der Waals surface area contributed by atoms with E-state index in [1.807, 2.05) is 43.3 Å². The van der Waals surface area contributed by atoms with Gasteiger partial charge in [0.2, 0.25) is 5.91 Å². The number of carbonyl (C=O) groups excluding carboxylic acids is 2. The van der Waals surface area contributed by atoms with Gasteiger partial charge in [-0.05, 0) is 40.8 Å². The molecule has 1 aliphatic rings. The van der Waals surface area contributed by atoms with Gasteiger partial charge in [0.25, 0.3) is 5.91 Å². The highest BCUT2D eigenvalue weighted by atomic mass is 16.5. The van der Waals surface area contributed by atoms with E-state index in [1.165, 1.54) is 5.01 Å². The fourth-order valence-electron chi connectivity index (χ4n) is 3.20. The Morgan fingerprint density at radius 3 is 2.46 bits per heavy atom. The number of benzene rings is 2. The summed E-state index contributed by atoms with van der Waals surface area (Å²) < 4.78 is 5.25. The molecule has 0 bridgehead atoms. The molecule has 2 aromatic rings.